The molecular formula is C16H19ClFNO4. The first-order chi connectivity index (χ1) is 10.9. The molecule has 0 bridgehead atoms. The molecule has 1 saturated heterocycles. The molecule has 0 unspecified atom stereocenters. The van der Waals surface area contributed by atoms with Crippen LogP contribution >= 0.6 is 11.6 Å². The number of hydrogen-bond acceptors (Lipinski definition) is 4. The molecule has 0 aliphatic carbocycles. The average Bonchev–Trinajstić information content (AvgIpc) is 2.50. The van der Waals surface area contributed by atoms with Crippen LogP contribution < -0.4 is 0 Å². The Morgan fingerprint density at radius 3 is 2.91 bits per heavy atom. The van der Waals surface area contributed by atoms with Crippen molar-refractivity contribution in [2.45, 2.75) is 12.2 Å². The lowest BCUT2D eigenvalue weighted by atomic mass is 9.96. The predicted molar refractivity (Wildman–Crippen MR) is 84.4 cm³/mol. The maximum Gasteiger partial charge on any atom is 0.246 e. The standard InChI is InChI=1S/C16H19ClFNO4/c1-19(7-11-8-23-9-14(20)16(11)22)15(21)5-3-10-2-4-12(18)6-13(10)17/h2-6,11,14,16,20,22H,7-9H2,1H3/b5-3+/t11-,14-,16+/m1/s1. The molecular weight excluding hydrogens is 325 g/mol. The first-order valence-corrected chi connectivity index (χ1v) is 7.58. The van der Waals surface area contributed by atoms with Crippen LogP contribution in [0.2, 0.25) is 5.02 Å². The fourth-order valence-corrected chi connectivity index (χ4v) is 2.61. The summed E-state index contributed by atoms with van der Waals surface area (Å²) < 4.78 is 18.1. The Hall–Kier alpha value is -1.47. The number of carbonyl (C=O) groups excluding carboxylic acids is 1. The second-order valence-corrected chi connectivity index (χ2v) is 5.98. The number of aliphatic hydroxyl groups excluding tert-OH is 2. The van der Waals surface area contributed by atoms with Crippen molar-refractivity contribution in [1.82, 2.24) is 4.90 Å². The molecule has 0 spiro atoms. The summed E-state index contributed by atoms with van der Waals surface area (Å²) in [6.45, 7) is 0.625. The molecule has 1 heterocycles. The van der Waals surface area contributed by atoms with Crippen LogP contribution in [0.25, 0.3) is 6.08 Å². The number of aliphatic hydroxyl groups is 2. The maximum atomic E-state index is 13.0. The molecule has 0 radical (unpaired) electrons. The van der Waals surface area contributed by atoms with Gasteiger partial charge < -0.3 is 19.8 Å². The largest absolute Gasteiger partial charge is 0.390 e. The van der Waals surface area contributed by atoms with Crippen molar-refractivity contribution < 1.29 is 24.1 Å². The highest BCUT2D eigenvalue weighted by molar-refractivity contribution is 6.32. The van der Waals surface area contributed by atoms with E-state index < -0.39 is 18.0 Å². The Bertz CT molecular complexity index is 595. The number of nitrogens with zero attached hydrogens (tertiary/aromatic N) is 1. The highest BCUT2D eigenvalue weighted by atomic mass is 35.5. The van der Waals surface area contributed by atoms with Crippen LogP contribution in [-0.4, -0.2) is 60.0 Å². The molecule has 1 amide bonds. The third-order valence-corrected chi connectivity index (χ3v) is 4.08. The Balaban J connectivity index is 1.95. The summed E-state index contributed by atoms with van der Waals surface area (Å²) in [5, 5.41) is 19.7. The van der Waals surface area contributed by atoms with Crippen LogP contribution in [0.3, 0.4) is 0 Å². The Labute approximate surface area is 138 Å². The zero-order chi connectivity index (χ0) is 17.0. The monoisotopic (exact) mass is 343 g/mol. The van der Waals surface area contributed by atoms with Crippen molar-refractivity contribution in [1.29, 1.82) is 0 Å². The fourth-order valence-electron chi connectivity index (χ4n) is 2.38. The lowest BCUT2D eigenvalue weighted by Gasteiger charge is -2.34. The van der Waals surface area contributed by atoms with E-state index in [1.807, 2.05) is 0 Å². The van der Waals surface area contributed by atoms with Gasteiger partial charge >= 0.3 is 0 Å². The molecule has 1 aliphatic rings. The number of ether oxygens (including phenoxy) is 1. The summed E-state index contributed by atoms with van der Waals surface area (Å²) in [7, 11) is 1.59. The highest BCUT2D eigenvalue weighted by Gasteiger charge is 2.32. The van der Waals surface area contributed by atoms with Crippen LogP contribution in [-0.2, 0) is 9.53 Å². The van der Waals surface area contributed by atoms with Gasteiger partial charge in [-0.15, -0.1) is 0 Å². The van der Waals surface area contributed by atoms with Crippen LogP contribution in [0.4, 0.5) is 4.39 Å². The van der Waals surface area contributed by atoms with Crippen LogP contribution in [0, 0.1) is 11.7 Å². The number of halogens is 2. The van der Waals surface area contributed by atoms with E-state index in [1.165, 1.54) is 35.3 Å². The van der Waals surface area contributed by atoms with Gasteiger partial charge in [-0.3, -0.25) is 4.79 Å². The van der Waals surface area contributed by atoms with Gasteiger partial charge in [0.2, 0.25) is 5.91 Å². The van der Waals surface area contributed by atoms with E-state index in [2.05, 4.69) is 0 Å². The van der Waals surface area contributed by atoms with Gasteiger partial charge in [0.15, 0.2) is 0 Å². The summed E-state index contributed by atoms with van der Waals surface area (Å²) in [5.41, 5.74) is 0.534. The molecule has 2 rings (SSSR count). The first-order valence-electron chi connectivity index (χ1n) is 7.20. The normalized spacial score (nSPS) is 24.8. The summed E-state index contributed by atoms with van der Waals surface area (Å²) in [5.74, 6) is -1.09. The Morgan fingerprint density at radius 1 is 1.48 bits per heavy atom. The topological polar surface area (TPSA) is 70.0 Å². The Kier molecular flexibility index (Phi) is 6.12. The van der Waals surface area contributed by atoms with Gasteiger partial charge in [-0.1, -0.05) is 17.7 Å². The van der Waals surface area contributed by atoms with Gasteiger partial charge in [0.05, 0.1) is 24.3 Å². The van der Waals surface area contributed by atoms with Gasteiger partial charge in [-0.25, -0.2) is 4.39 Å². The minimum atomic E-state index is -0.939. The van der Waals surface area contributed by atoms with Gasteiger partial charge in [0.1, 0.15) is 11.9 Å². The molecule has 1 aromatic rings. The lowest BCUT2D eigenvalue weighted by Crippen LogP contribution is -2.48. The predicted octanol–water partition coefficient (Wildman–Crippen LogP) is 1.32. The van der Waals surface area contributed by atoms with Crippen molar-refractivity contribution in [2.24, 2.45) is 5.92 Å². The molecule has 126 valence electrons. The van der Waals surface area contributed by atoms with Crippen molar-refractivity contribution in [3.63, 3.8) is 0 Å². The zero-order valence-corrected chi connectivity index (χ0v) is 13.4. The molecule has 3 atom stereocenters. The molecule has 1 aromatic carbocycles. The molecule has 7 heteroatoms. The quantitative estimate of drug-likeness (QED) is 0.809. The van der Waals surface area contributed by atoms with E-state index in [-0.39, 0.29) is 36.6 Å². The van der Waals surface area contributed by atoms with E-state index >= 15 is 0 Å². The van der Waals surface area contributed by atoms with E-state index in [9.17, 15) is 19.4 Å². The zero-order valence-electron chi connectivity index (χ0n) is 12.7. The van der Waals surface area contributed by atoms with Crippen LogP contribution in [0.5, 0.6) is 0 Å². The van der Waals surface area contributed by atoms with Gasteiger partial charge in [-0.2, -0.15) is 0 Å². The minimum absolute atomic E-state index is 0.0955. The third kappa shape index (κ3) is 4.75. The molecule has 0 saturated carbocycles. The summed E-state index contributed by atoms with van der Waals surface area (Å²) in [4.78, 5) is 13.5. The van der Waals surface area contributed by atoms with Crippen LogP contribution in [0.15, 0.2) is 24.3 Å². The minimum Gasteiger partial charge on any atom is -0.390 e. The number of rotatable bonds is 4. The third-order valence-electron chi connectivity index (χ3n) is 3.75. The molecule has 5 nitrogen and oxygen atoms in total. The van der Waals surface area contributed by atoms with Crippen LogP contribution in [0.1, 0.15) is 5.56 Å². The Morgan fingerprint density at radius 2 is 2.22 bits per heavy atom. The van der Waals surface area contributed by atoms with E-state index in [1.54, 1.807) is 7.05 Å². The number of amides is 1. The number of benzene rings is 1. The highest BCUT2D eigenvalue weighted by Crippen LogP contribution is 2.19. The van der Waals surface area contributed by atoms with Crippen molar-refractivity contribution in [2.75, 3.05) is 26.8 Å². The second kappa shape index (κ2) is 7.88. The van der Waals surface area contributed by atoms with E-state index in [0.717, 1.165) is 0 Å². The molecule has 23 heavy (non-hydrogen) atoms. The van der Waals surface area contributed by atoms with Gasteiger partial charge in [0.25, 0.3) is 0 Å². The number of likely N-dealkylation sites (N-methyl/N-ethyl adjacent to an activating group) is 1. The summed E-state index contributed by atoms with van der Waals surface area (Å²) >= 11 is 5.89. The molecule has 1 fully saturated rings. The van der Waals surface area contributed by atoms with Crippen molar-refractivity contribution >= 4 is 23.6 Å². The van der Waals surface area contributed by atoms with E-state index in [4.69, 9.17) is 16.3 Å². The summed E-state index contributed by atoms with van der Waals surface area (Å²) in [6.07, 6.45) is 0.967. The van der Waals surface area contributed by atoms with Gasteiger partial charge in [-0.05, 0) is 23.8 Å². The lowest BCUT2D eigenvalue weighted by molar-refractivity contribution is -0.136. The number of carbonyl (C=O) groups is 1. The van der Waals surface area contributed by atoms with Crippen molar-refractivity contribution in [3.8, 4) is 0 Å². The smallest absolute Gasteiger partial charge is 0.246 e. The number of hydrogen-bond donors (Lipinski definition) is 2. The van der Waals surface area contributed by atoms with Gasteiger partial charge in [0, 0.05) is 25.6 Å². The summed E-state index contributed by atoms with van der Waals surface area (Å²) in [6, 6.07) is 3.92. The molecule has 0 aromatic heterocycles. The average molecular weight is 344 g/mol. The molecule has 1 aliphatic heterocycles. The second-order valence-electron chi connectivity index (χ2n) is 5.57. The molecule has 2 N–H and O–H groups in total. The first kappa shape index (κ1) is 17.9. The SMILES string of the molecule is CN(C[C@@H]1COC[C@@H](O)[C@H]1O)C(=O)/C=C/c1ccc(F)cc1Cl. The maximum absolute atomic E-state index is 13.0. The van der Waals surface area contributed by atoms with E-state index in [0.29, 0.717) is 5.56 Å². The fraction of sp³-hybridized carbons (Fsp3) is 0.438. The van der Waals surface area contributed by atoms with Crippen molar-refractivity contribution in [3.05, 3.63) is 40.7 Å².